The Morgan fingerprint density at radius 2 is 2.06 bits per heavy atom. The first kappa shape index (κ1) is 22.0. The van der Waals surface area contributed by atoms with Crippen LogP contribution in [0, 0.1) is 0 Å². The van der Waals surface area contributed by atoms with E-state index in [2.05, 4.69) is 41.7 Å². The van der Waals surface area contributed by atoms with Crippen molar-refractivity contribution in [3.8, 4) is 5.75 Å². The first-order chi connectivity index (χ1) is 15.0. The lowest BCUT2D eigenvalue weighted by molar-refractivity contribution is -0.123. The molecule has 0 saturated carbocycles. The maximum Gasteiger partial charge on any atom is 0.408 e. The molecule has 0 aliphatic heterocycles. The Bertz CT molecular complexity index is 1040. The fourth-order valence-corrected chi connectivity index (χ4v) is 2.98. The van der Waals surface area contributed by atoms with Crippen molar-refractivity contribution >= 4 is 34.1 Å². The number of halogens is 1. The molecule has 2 aromatic carbocycles. The number of phenolic OH excluding ortho intramolecular Hbond substituents is 1. The molecule has 1 aromatic heterocycles. The predicted molar refractivity (Wildman–Crippen MR) is 117 cm³/mol. The molecular formula is C21H20BrN5O4. The minimum Gasteiger partial charge on any atom is -0.507 e. The third-order valence-electron chi connectivity index (χ3n) is 4.17. The number of benzene rings is 2. The average molecular weight is 486 g/mol. The Balaban J connectivity index is 1.61. The van der Waals surface area contributed by atoms with Crippen molar-refractivity contribution in [2.24, 2.45) is 5.10 Å². The van der Waals surface area contributed by atoms with Crippen LogP contribution in [0.2, 0.25) is 0 Å². The summed E-state index contributed by atoms with van der Waals surface area (Å²) in [6.45, 7) is 0.0748. The number of aromatic amines is 1. The minimum atomic E-state index is -0.961. The number of hydrogen-bond donors (Lipinski definition) is 4. The molecule has 1 atom stereocenters. The van der Waals surface area contributed by atoms with Crippen molar-refractivity contribution in [1.82, 2.24) is 20.7 Å². The van der Waals surface area contributed by atoms with E-state index in [1.165, 1.54) is 18.6 Å². The van der Waals surface area contributed by atoms with Crippen molar-refractivity contribution in [2.45, 2.75) is 19.1 Å². The van der Waals surface area contributed by atoms with E-state index in [-0.39, 0.29) is 18.8 Å². The number of imidazole rings is 1. The summed E-state index contributed by atoms with van der Waals surface area (Å²) in [5.74, 6) is -0.546. The van der Waals surface area contributed by atoms with Crippen molar-refractivity contribution in [3.05, 3.63) is 82.3 Å². The average Bonchev–Trinajstić information content (AvgIpc) is 3.28. The second-order valence-electron chi connectivity index (χ2n) is 6.48. The molecule has 0 fully saturated rings. The molecule has 0 aliphatic carbocycles. The van der Waals surface area contributed by atoms with E-state index in [0.29, 0.717) is 11.3 Å². The second-order valence-corrected chi connectivity index (χ2v) is 7.39. The first-order valence-electron chi connectivity index (χ1n) is 9.27. The van der Waals surface area contributed by atoms with Crippen LogP contribution in [0.25, 0.3) is 0 Å². The molecule has 0 saturated heterocycles. The molecule has 0 unspecified atom stereocenters. The van der Waals surface area contributed by atoms with Gasteiger partial charge in [0.1, 0.15) is 18.4 Å². The molecule has 2 amide bonds. The SMILES string of the molecule is O=C(N[C@@H](Cc1cnc[nH]1)C(=O)N/N=C\c1cc(Br)ccc1O)OCc1ccccc1. The minimum absolute atomic E-state index is 0.0119. The van der Waals surface area contributed by atoms with Crippen LogP contribution in [-0.4, -0.2) is 39.3 Å². The lowest BCUT2D eigenvalue weighted by Crippen LogP contribution is -2.47. The van der Waals surface area contributed by atoms with Gasteiger partial charge in [-0.05, 0) is 23.8 Å². The van der Waals surface area contributed by atoms with Crippen LogP contribution in [0.5, 0.6) is 5.75 Å². The molecule has 3 aromatic rings. The van der Waals surface area contributed by atoms with Crippen LogP contribution >= 0.6 is 15.9 Å². The Hall–Kier alpha value is -3.66. The molecule has 0 aliphatic rings. The Labute approximate surface area is 186 Å². The van der Waals surface area contributed by atoms with Crippen LogP contribution in [0.15, 0.2) is 70.6 Å². The van der Waals surface area contributed by atoms with Gasteiger partial charge in [0.2, 0.25) is 0 Å². The smallest absolute Gasteiger partial charge is 0.408 e. The molecule has 0 bridgehead atoms. The summed E-state index contributed by atoms with van der Waals surface area (Å²) in [6, 6.07) is 13.1. The number of carbonyl (C=O) groups excluding carboxylic acids is 2. The second kappa shape index (κ2) is 10.9. The number of alkyl carbamates (subject to hydrolysis) is 1. The molecular weight excluding hydrogens is 466 g/mol. The van der Waals surface area contributed by atoms with Gasteiger partial charge < -0.3 is 20.1 Å². The summed E-state index contributed by atoms with van der Waals surface area (Å²) >= 11 is 3.30. The highest BCUT2D eigenvalue weighted by Crippen LogP contribution is 2.19. The summed E-state index contributed by atoms with van der Waals surface area (Å²) in [5, 5.41) is 16.3. The third kappa shape index (κ3) is 6.96. The van der Waals surface area contributed by atoms with Crippen LogP contribution in [0.1, 0.15) is 16.8 Å². The topological polar surface area (TPSA) is 129 Å². The fraction of sp³-hybridized carbons (Fsp3) is 0.143. The van der Waals surface area contributed by atoms with Gasteiger partial charge in [-0.25, -0.2) is 15.2 Å². The molecule has 10 heteroatoms. The lowest BCUT2D eigenvalue weighted by atomic mass is 10.1. The largest absolute Gasteiger partial charge is 0.507 e. The molecule has 1 heterocycles. The summed E-state index contributed by atoms with van der Waals surface area (Å²) in [7, 11) is 0. The lowest BCUT2D eigenvalue weighted by Gasteiger charge is -2.16. The van der Waals surface area contributed by atoms with E-state index in [1.807, 2.05) is 30.3 Å². The Morgan fingerprint density at radius 1 is 1.26 bits per heavy atom. The van der Waals surface area contributed by atoms with E-state index in [0.717, 1.165) is 10.0 Å². The highest BCUT2D eigenvalue weighted by atomic mass is 79.9. The zero-order valence-corrected chi connectivity index (χ0v) is 17.9. The normalized spacial score (nSPS) is 11.8. The van der Waals surface area contributed by atoms with Gasteiger partial charge in [0.15, 0.2) is 0 Å². The van der Waals surface area contributed by atoms with Gasteiger partial charge >= 0.3 is 6.09 Å². The van der Waals surface area contributed by atoms with Gasteiger partial charge in [0.05, 0.1) is 12.5 Å². The van der Waals surface area contributed by atoms with Crippen LogP contribution in [0.4, 0.5) is 4.79 Å². The van der Waals surface area contributed by atoms with E-state index in [9.17, 15) is 14.7 Å². The molecule has 3 rings (SSSR count). The quantitative estimate of drug-likeness (QED) is 0.288. The van der Waals surface area contributed by atoms with Gasteiger partial charge in [-0.1, -0.05) is 46.3 Å². The number of H-pyrrole nitrogens is 1. The summed E-state index contributed by atoms with van der Waals surface area (Å²) < 4.78 is 5.95. The summed E-state index contributed by atoms with van der Waals surface area (Å²) in [5.41, 5.74) is 4.26. The first-order valence-corrected chi connectivity index (χ1v) is 10.1. The molecule has 9 nitrogen and oxygen atoms in total. The summed E-state index contributed by atoms with van der Waals surface area (Å²) in [4.78, 5) is 31.6. The number of nitrogens with one attached hydrogen (secondary N) is 3. The molecule has 31 heavy (non-hydrogen) atoms. The third-order valence-corrected chi connectivity index (χ3v) is 4.66. The van der Waals surface area contributed by atoms with E-state index in [1.54, 1.807) is 18.3 Å². The van der Waals surface area contributed by atoms with Crippen molar-refractivity contribution in [2.75, 3.05) is 0 Å². The standard InChI is InChI=1S/C21H20BrN5O4/c22-16-6-7-19(28)15(8-16)10-25-27-20(29)18(9-17-11-23-13-24-17)26-21(30)31-12-14-4-2-1-3-5-14/h1-8,10-11,13,18,28H,9,12H2,(H,23,24)(H,26,30)(H,27,29)/b25-10-/t18-/m0/s1. The molecule has 0 spiro atoms. The monoisotopic (exact) mass is 485 g/mol. The van der Waals surface area contributed by atoms with Gasteiger partial charge in [-0.15, -0.1) is 0 Å². The van der Waals surface area contributed by atoms with E-state index < -0.39 is 18.0 Å². The number of amides is 2. The fourth-order valence-electron chi connectivity index (χ4n) is 2.60. The Kier molecular flexibility index (Phi) is 7.77. The van der Waals surface area contributed by atoms with Gasteiger partial charge in [-0.3, -0.25) is 4.79 Å². The van der Waals surface area contributed by atoms with Crippen LogP contribution in [-0.2, 0) is 22.6 Å². The zero-order valence-electron chi connectivity index (χ0n) is 16.3. The van der Waals surface area contributed by atoms with Crippen molar-refractivity contribution < 1.29 is 19.4 Å². The molecule has 160 valence electrons. The highest BCUT2D eigenvalue weighted by Gasteiger charge is 2.22. The molecule has 4 N–H and O–H groups in total. The van der Waals surface area contributed by atoms with Crippen LogP contribution in [0.3, 0.4) is 0 Å². The number of phenols is 1. The number of carbonyl (C=O) groups is 2. The highest BCUT2D eigenvalue weighted by molar-refractivity contribution is 9.10. The van der Waals surface area contributed by atoms with E-state index >= 15 is 0 Å². The van der Waals surface area contributed by atoms with Gasteiger partial charge in [-0.2, -0.15) is 5.10 Å². The van der Waals surface area contributed by atoms with Crippen molar-refractivity contribution in [1.29, 1.82) is 0 Å². The van der Waals surface area contributed by atoms with Crippen molar-refractivity contribution in [3.63, 3.8) is 0 Å². The zero-order chi connectivity index (χ0) is 22.1. The number of hydrazone groups is 1. The number of nitrogens with zero attached hydrogens (tertiary/aromatic N) is 2. The predicted octanol–water partition coefficient (Wildman–Crippen LogP) is 2.87. The maximum absolute atomic E-state index is 12.6. The summed E-state index contributed by atoms with van der Waals surface area (Å²) in [6.07, 6.45) is 3.76. The van der Waals surface area contributed by atoms with Gasteiger partial charge in [0.25, 0.3) is 5.91 Å². The number of aromatic hydroxyl groups is 1. The van der Waals surface area contributed by atoms with E-state index in [4.69, 9.17) is 4.74 Å². The molecule has 0 radical (unpaired) electrons. The van der Waals surface area contributed by atoms with Gasteiger partial charge in [0, 0.05) is 28.3 Å². The number of ether oxygens (including phenoxy) is 1. The van der Waals surface area contributed by atoms with Crippen LogP contribution < -0.4 is 10.7 Å². The Morgan fingerprint density at radius 3 is 2.81 bits per heavy atom. The number of rotatable bonds is 8. The maximum atomic E-state index is 12.6. The number of aromatic nitrogens is 2. The number of hydrogen-bond acceptors (Lipinski definition) is 6.